The molecule has 1 aliphatic heterocycles. The molecule has 8 heteroatoms. The van der Waals surface area contributed by atoms with Gasteiger partial charge >= 0.3 is 0 Å². The molecule has 0 amide bonds. The smallest absolute Gasteiger partial charge is 0.228 e. The van der Waals surface area contributed by atoms with E-state index in [1.165, 1.54) is 18.4 Å². The Balaban J connectivity index is 1.55. The summed E-state index contributed by atoms with van der Waals surface area (Å²) in [4.78, 5) is 11.0. The molecule has 1 aliphatic rings. The van der Waals surface area contributed by atoms with Crippen molar-refractivity contribution in [1.82, 2.24) is 25.7 Å². The van der Waals surface area contributed by atoms with Crippen LogP contribution in [0.25, 0.3) is 0 Å². The van der Waals surface area contributed by atoms with E-state index in [2.05, 4.69) is 49.8 Å². The Morgan fingerprint density at radius 1 is 1.39 bits per heavy atom. The van der Waals surface area contributed by atoms with Crippen LogP contribution in [-0.4, -0.2) is 54.7 Å². The van der Waals surface area contributed by atoms with Crippen molar-refractivity contribution >= 4 is 17.6 Å². The minimum absolute atomic E-state index is 0.347. The van der Waals surface area contributed by atoms with E-state index >= 15 is 0 Å². The molecule has 1 saturated heterocycles. The van der Waals surface area contributed by atoms with Gasteiger partial charge in [-0.25, -0.2) is 0 Å². The molecule has 3 rings (SSSR count). The van der Waals surface area contributed by atoms with E-state index in [1.54, 1.807) is 7.05 Å². The van der Waals surface area contributed by atoms with Gasteiger partial charge in [0.15, 0.2) is 11.8 Å². The minimum Gasteiger partial charge on any atom is -0.356 e. The van der Waals surface area contributed by atoms with E-state index in [-0.39, 0.29) is 0 Å². The fourth-order valence-corrected chi connectivity index (χ4v) is 4.07. The lowest BCUT2D eigenvalue weighted by atomic mass is 9.85. The molecular weight excluding hydrogens is 376 g/mol. The first-order valence-corrected chi connectivity index (χ1v) is 10.1. The average Bonchev–Trinajstić information content (AvgIpc) is 3.09. The Morgan fingerprint density at radius 2 is 2.25 bits per heavy atom. The van der Waals surface area contributed by atoms with Crippen LogP contribution in [0.2, 0.25) is 5.02 Å². The topological polar surface area (TPSA) is 78.6 Å². The summed E-state index contributed by atoms with van der Waals surface area (Å²) in [5, 5.41) is 11.4. The zero-order valence-electron chi connectivity index (χ0n) is 16.8. The summed E-state index contributed by atoms with van der Waals surface area (Å²) in [6, 6.07) is 8.56. The molecule has 152 valence electrons. The summed E-state index contributed by atoms with van der Waals surface area (Å²) in [6.07, 6.45) is 3.04. The molecule has 7 nitrogen and oxygen atoms in total. The predicted octanol–water partition coefficient (Wildman–Crippen LogP) is 2.82. The van der Waals surface area contributed by atoms with Crippen LogP contribution in [0.4, 0.5) is 0 Å². The van der Waals surface area contributed by atoms with Crippen LogP contribution in [-0.2, 0) is 6.42 Å². The van der Waals surface area contributed by atoms with E-state index < -0.39 is 0 Å². The monoisotopic (exact) mass is 404 g/mol. The summed E-state index contributed by atoms with van der Waals surface area (Å²) in [7, 11) is 3.98. The number of aryl methyl sites for hydroxylation is 1. The predicted molar refractivity (Wildman–Crippen MR) is 112 cm³/mol. The van der Waals surface area contributed by atoms with Crippen LogP contribution >= 0.6 is 11.6 Å². The van der Waals surface area contributed by atoms with Gasteiger partial charge in [-0.3, -0.25) is 9.89 Å². The number of nitrogens with one attached hydrogen (secondary N) is 2. The van der Waals surface area contributed by atoms with Crippen LogP contribution in [0, 0.1) is 12.8 Å². The van der Waals surface area contributed by atoms with Gasteiger partial charge in [0.05, 0.1) is 0 Å². The van der Waals surface area contributed by atoms with Crippen molar-refractivity contribution in [2.45, 2.75) is 32.2 Å². The number of piperidine rings is 1. The van der Waals surface area contributed by atoms with Crippen LogP contribution in [0.15, 0.2) is 33.8 Å². The van der Waals surface area contributed by atoms with Gasteiger partial charge in [0, 0.05) is 37.6 Å². The second-order valence-electron chi connectivity index (χ2n) is 7.25. The molecule has 1 fully saturated rings. The van der Waals surface area contributed by atoms with Crippen LogP contribution in [0.3, 0.4) is 0 Å². The fraction of sp³-hybridized carbons (Fsp3) is 0.550. The van der Waals surface area contributed by atoms with E-state index in [0.717, 1.165) is 24.1 Å². The van der Waals surface area contributed by atoms with Crippen molar-refractivity contribution in [2.24, 2.45) is 10.9 Å². The van der Waals surface area contributed by atoms with Crippen LogP contribution in [0.1, 0.15) is 36.2 Å². The van der Waals surface area contributed by atoms with Gasteiger partial charge in [-0.2, -0.15) is 4.98 Å². The Labute approximate surface area is 171 Å². The van der Waals surface area contributed by atoms with Crippen molar-refractivity contribution < 1.29 is 4.52 Å². The number of guanidine groups is 1. The van der Waals surface area contributed by atoms with Gasteiger partial charge in [-0.05, 0) is 57.0 Å². The van der Waals surface area contributed by atoms with Crippen molar-refractivity contribution in [3.8, 4) is 0 Å². The lowest BCUT2D eigenvalue weighted by Gasteiger charge is -2.40. The van der Waals surface area contributed by atoms with Gasteiger partial charge in [0.25, 0.3) is 0 Å². The quantitative estimate of drug-likeness (QED) is 0.569. The average molecular weight is 405 g/mol. The number of likely N-dealkylation sites (tertiary alicyclic amines) is 1. The number of nitrogens with zero attached hydrogens (tertiary/aromatic N) is 4. The molecule has 0 aliphatic carbocycles. The third-order valence-corrected chi connectivity index (χ3v) is 5.39. The van der Waals surface area contributed by atoms with E-state index in [4.69, 9.17) is 16.1 Å². The lowest BCUT2D eigenvalue weighted by Crippen LogP contribution is -2.45. The van der Waals surface area contributed by atoms with Gasteiger partial charge in [0.2, 0.25) is 5.89 Å². The maximum atomic E-state index is 6.24. The van der Waals surface area contributed by atoms with Crippen LogP contribution < -0.4 is 10.6 Å². The number of hydrogen-bond acceptors (Lipinski definition) is 5. The van der Waals surface area contributed by atoms with E-state index in [9.17, 15) is 0 Å². The standard InChI is InChI=1S/C20H29ClN6O/c1-14-25-18(28-26-14)9-10-23-20(22-2)24-13-16-7-5-11-27(3)19(16)15-6-4-8-17(21)12-15/h4,6,8,12,16,19H,5,7,9-11,13H2,1-3H3,(H2,22,23,24). The Hall–Kier alpha value is -2.12. The SMILES string of the molecule is CN=C(NCCc1nc(C)no1)NCC1CCCN(C)C1c1cccc(Cl)c1. The molecule has 0 spiro atoms. The first-order valence-electron chi connectivity index (χ1n) is 9.76. The highest BCUT2D eigenvalue weighted by Gasteiger charge is 2.30. The molecule has 0 saturated carbocycles. The zero-order chi connectivity index (χ0) is 19.9. The van der Waals surface area contributed by atoms with Gasteiger partial charge < -0.3 is 15.2 Å². The second-order valence-corrected chi connectivity index (χ2v) is 7.68. The highest BCUT2D eigenvalue weighted by molar-refractivity contribution is 6.30. The summed E-state index contributed by atoms with van der Waals surface area (Å²) >= 11 is 6.24. The molecule has 1 aromatic carbocycles. The first-order chi connectivity index (χ1) is 13.6. The number of benzene rings is 1. The molecule has 1 aromatic heterocycles. The summed E-state index contributed by atoms with van der Waals surface area (Å²) < 4.78 is 5.14. The Bertz CT molecular complexity index is 793. The number of rotatable bonds is 6. The van der Waals surface area contributed by atoms with Gasteiger partial charge in [0.1, 0.15) is 0 Å². The molecule has 2 N–H and O–H groups in total. The number of hydrogen-bond donors (Lipinski definition) is 2. The summed E-state index contributed by atoms with van der Waals surface area (Å²) in [5.41, 5.74) is 1.27. The fourth-order valence-electron chi connectivity index (χ4n) is 3.87. The second kappa shape index (κ2) is 9.89. The van der Waals surface area contributed by atoms with Gasteiger partial charge in [-0.1, -0.05) is 28.9 Å². The Kier molecular flexibility index (Phi) is 7.28. The Morgan fingerprint density at radius 3 is 2.96 bits per heavy atom. The van der Waals surface area contributed by atoms with Crippen molar-refractivity contribution in [1.29, 1.82) is 0 Å². The maximum Gasteiger partial charge on any atom is 0.228 e. The number of halogens is 1. The minimum atomic E-state index is 0.347. The molecule has 2 unspecified atom stereocenters. The maximum absolute atomic E-state index is 6.24. The first kappa shape index (κ1) is 20.6. The normalized spacial score (nSPS) is 20.9. The molecule has 2 atom stereocenters. The molecule has 0 radical (unpaired) electrons. The van der Waals surface area contributed by atoms with Crippen molar-refractivity contribution in [2.75, 3.05) is 33.7 Å². The molecule has 2 aromatic rings. The highest BCUT2D eigenvalue weighted by Crippen LogP contribution is 2.35. The molecule has 2 heterocycles. The lowest BCUT2D eigenvalue weighted by molar-refractivity contribution is 0.122. The van der Waals surface area contributed by atoms with E-state index in [1.807, 2.05) is 19.1 Å². The van der Waals surface area contributed by atoms with E-state index in [0.29, 0.717) is 36.6 Å². The molecular formula is C20H29ClN6O. The number of aromatic nitrogens is 2. The highest BCUT2D eigenvalue weighted by atomic mass is 35.5. The third kappa shape index (κ3) is 5.45. The van der Waals surface area contributed by atoms with Crippen LogP contribution in [0.5, 0.6) is 0 Å². The summed E-state index contributed by atoms with van der Waals surface area (Å²) in [5.74, 6) is 2.56. The number of aliphatic imine (C=N–C) groups is 1. The summed E-state index contributed by atoms with van der Waals surface area (Å²) in [6.45, 7) is 4.45. The molecule has 28 heavy (non-hydrogen) atoms. The van der Waals surface area contributed by atoms with Crippen molar-refractivity contribution in [3.63, 3.8) is 0 Å². The van der Waals surface area contributed by atoms with Crippen molar-refractivity contribution in [3.05, 3.63) is 46.6 Å². The third-order valence-electron chi connectivity index (χ3n) is 5.15. The van der Waals surface area contributed by atoms with Gasteiger partial charge in [-0.15, -0.1) is 0 Å². The largest absolute Gasteiger partial charge is 0.356 e. The molecule has 0 bridgehead atoms. The zero-order valence-corrected chi connectivity index (χ0v) is 17.5.